The van der Waals surface area contributed by atoms with Gasteiger partial charge in [0, 0.05) is 6.04 Å². The zero-order valence-corrected chi connectivity index (χ0v) is 12.5. The van der Waals surface area contributed by atoms with Crippen LogP contribution in [0.2, 0.25) is 0 Å². The van der Waals surface area contributed by atoms with Gasteiger partial charge in [-0.3, -0.25) is 9.59 Å². The van der Waals surface area contributed by atoms with Crippen molar-refractivity contribution in [3.8, 4) is 0 Å². The van der Waals surface area contributed by atoms with Gasteiger partial charge in [0.2, 0.25) is 11.8 Å². The molecular weight excluding hydrogens is 240 g/mol. The number of rotatable bonds is 2. The van der Waals surface area contributed by atoms with Gasteiger partial charge in [-0.2, -0.15) is 0 Å². The van der Waals surface area contributed by atoms with Gasteiger partial charge < -0.3 is 10.2 Å². The summed E-state index contributed by atoms with van der Waals surface area (Å²) < 4.78 is 0. The molecular formula is C15H26N2O2. The molecule has 2 amide bonds. The molecule has 0 radical (unpaired) electrons. The predicted octanol–water partition coefficient (Wildman–Crippen LogP) is 2.08. The molecule has 2 fully saturated rings. The van der Waals surface area contributed by atoms with Gasteiger partial charge in [0.1, 0.15) is 11.6 Å². The lowest BCUT2D eigenvalue weighted by atomic mass is 9.80. The third-order valence-corrected chi connectivity index (χ3v) is 4.43. The highest BCUT2D eigenvalue weighted by molar-refractivity contribution is 5.99. The van der Waals surface area contributed by atoms with Crippen molar-refractivity contribution < 1.29 is 9.59 Å². The summed E-state index contributed by atoms with van der Waals surface area (Å²) in [6.07, 6.45) is 5.74. The number of nitrogens with zero attached hydrogens (tertiary/aromatic N) is 1. The normalized spacial score (nSPS) is 28.7. The average Bonchev–Trinajstić information content (AvgIpc) is 2.33. The Morgan fingerprint density at radius 2 is 1.74 bits per heavy atom. The first-order chi connectivity index (χ1) is 8.84. The van der Waals surface area contributed by atoms with Crippen molar-refractivity contribution >= 4 is 11.8 Å². The van der Waals surface area contributed by atoms with Crippen LogP contribution in [0.15, 0.2) is 0 Å². The molecule has 1 heterocycles. The van der Waals surface area contributed by atoms with Crippen LogP contribution in [-0.2, 0) is 9.59 Å². The maximum atomic E-state index is 12.6. The Hall–Kier alpha value is -1.06. The van der Waals surface area contributed by atoms with Gasteiger partial charge in [0.25, 0.3) is 0 Å². The standard InChI is InChI=1S/C15H26N2O2/c1-10(2)17-12(11-8-6-5-7-9-11)13(18)16-15(3,4)14(17)19/h10-12H,5-9H2,1-4H3,(H,16,18). The molecule has 1 unspecified atom stereocenters. The molecule has 1 aliphatic carbocycles. The van der Waals surface area contributed by atoms with E-state index in [1.54, 1.807) is 13.8 Å². The number of hydrogen-bond donors (Lipinski definition) is 1. The molecule has 1 aliphatic heterocycles. The van der Waals surface area contributed by atoms with Crippen molar-refractivity contribution in [2.24, 2.45) is 5.92 Å². The van der Waals surface area contributed by atoms with Crippen LogP contribution in [0.4, 0.5) is 0 Å². The fraction of sp³-hybridized carbons (Fsp3) is 0.867. The smallest absolute Gasteiger partial charge is 0.248 e. The highest BCUT2D eigenvalue weighted by Crippen LogP contribution is 2.33. The van der Waals surface area contributed by atoms with Crippen molar-refractivity contribution in [2.75, 3.05) is 0 Å². The van der Waals surface area contributed by atoms with Crippen molar-refractivity contribution in [3.05, 3.63) is 0 Å². The molecule has 0 aromatic rings. The largest absolute Gasteiger partial charge is 0.340 e. The molecule has 1 saturated heterocycles. The molecule has 1 saturated carbocycles. The second kappa shape index (κ2) is 5.14. The molecule has 0 aromatic heterocycles. The second-order valence-corrected chi connectivity index (χ2v) is 6.76. The fourth-order valence-corrected chi connectivity index (χ4v) is 3.46. The van der Waals surface area contributed by atoms with E-state index in [2.05, 4.69) is 5.32 Å². The van der Waals surface area contributed by atoms with Gasteiger partial charge in [-0.25, -0.2) is 0 Å². The van der Waals surface area contributed by atoms with Gasteiger partial charge in [0.05, 0.1) is 0 Å². The number of nitrogens with one attached hydrogen (secondary N) is 1. The van der Waals surface area contributed by atoms with Crippen LogP contribution in [0.5, 0.6) is 0 Å². The lowest BCUT2D eigenvalue weighted by molar-refractivity contribution is -0.158. The molecule has 1 N–H and O–H groups in total. The Balaban J connectivity index is 2.28. The highest BCUT2D eigenvalue weighted by atomic mass is 16.2. The molecule has 4 heteroatoms. The van der Waals surface area contributed by atoms with Crippen molar-refractivity contribution in [3.63, 3.8) is 0 Å². The number of carbonyl (C=O) groups is 2. The first-order valence-electron chi connectivity index (χ1n) is 7.49. The zero-order valence-electron chi connectivity index (χ0n) is 12.5. The van der Waals surface area contributed by atoms with Crippen LogP contribution in [0, 0.1) is 5.92 Å². The SMILES string of the molecule is CC(C)N1C(=O)C(C)(C)NC(=O)C1C1CCCCC1. The number of carbonyl (C=O) groups excluding carboxylic acids is 2. The lowest BCUT2D eigenvalue weighted by Crippen LogP contribution is -2.71. The summed E-state index contributed by atoms with van der Waals surface area (Å²) in [7, 11) is 0. The Labute approximate surface area is 115 Å². The van der Waals surface area contributed by atoms with E-state index in [4.69, 9.17) is 0 Å². The van der Waals surface area contributed by atoms with Crippen LogP contribution in [0.1, 0.15) is 59.8 Å². The number of piperazine rings is 1. The van der Waals surface area contributed by atoms with E-state index in [1.807, 2.05) is 18.7 Å². The second-order valence-electron chi connectivity index (χ2n) is 6.76. The molecule has 19 heavy (non-hydrogen) atoms. The molecule has 2 aliphatic rings. The van der Waals surface area contributed by atoms with Crippen molar-refractivity contribution in [1.29, 1.82) is 0 Å². The molecule has 0 aromatic carbocycles. The highest BCUT2D eigenvalue weighted by Gasteiger charge is 2.48. The van der Waals surface area contributed by atoms with Crippen molar-refractivity contribution in [1.82, 2.24) is 10.2 Å². The van der Waals surface area contributed by atoms with Gasteiger partial charge in [-0.15, -0.1) is 0 Å². The summed E-state index contributed by atoms with van der Waals surface area (Å²) in [6.45, 7) is 7.59. The Bertz CT molecular complexity index is 370. The summed E-state index contributed by atoms with van der Waals surface area (Å²) in [5.74, 6) is 0.416. The first-order valence-corrected chi connectivity index (χ1v) is 7.49. The van der Waals surface area contributed by atoms with E-state index in [-0.39, 0.29) is 23.9 Å². The number of amides is 2. The van der Waals surface area contributed by atoms with E-state index in [1.165, 1.54) is 19.3 Å². The van der Waals surface area contributed by atoms with E-state index in [9.17, 15) is 9.59 Å². The fourth-order valence-electron chi connectivity index (χ4n) is 3.46. The molecule has 2 rings (SSSR count). The molecule has 1 atom stereocenters. The Morgan fingerprint density at radius 3 is 2.26 bits per heavy atom. The van der Waals surface area contributed by atoms with Gasteiger partial charge in [-0.1, -0.05) is 19.3 Å². The van der Waals surface area contributed by atoms with Crippen LogP contribution in [0.3, 0.4) is 0 Å². The molecule has 0 spiro atoms. The van der Waals surface area contributed by atoms with Crippen LogP contribution >= 0.6 is 0 Å². The molecule has 4 nitrogen and oxygen atoms in total. The lowest BCUT2D eigenvalue weighted by Gasteiger charge is -2.48. The van der Waals surface area contributed by atoms with Crippen molar-refractivity contribution in [2.45, 2.75) is 77.4 Å². The van der Waals surface area contributed by atoms with E-state index < -0.39 is 5.54 Å². The quantitative estimate of drug-likeness (QED) is 0.832. The summed E-state index contributed by atoms with van der Waals surface area (Å²) in [5, 5.41) is 2.91. The number of hydrogen-bond acceptors (Lipinski definition) is 2. The third-order valence-electron chi connectivity index (χ3n) is 4.43. The Kier molecular flexibility index (Phi) is 3.88. The molecule has 0 bridgehead atoms. The van der Waals surface area contributed by atoms with Crippen LogP contribution < -0.4 is 5.32 Å². The predicted molar refractivity (Wildman–Crippen MR) is 74.6 cm³/mol. The van der Waals surface area contributed by atoms with E-state index in [0.29, 0.717) is 5.92 Å². The topological polar surface area (TPSA) is 49.4 Å². The minimum Gasteiger partial charge on any atom is -0.340 e. The maximum Gasteiger partial charge on any atom is 0.248 e. The third kappa shape index (κ3) is 2.63. The average molecular weight is 266 g/mol. The van der Waals surface area contributed by atoms with Gasteiger partial charge >= 0.3 is 0 Å². The van der Waals surface area contributed by atoms with Gasteiger partial charge in [0.15, 0.2) is 0 Å². The zero-order chi connectivity index (χ0) is 14.2. The van der Waals surface area contributed by atoms with Crippen LogP contribution in [0.25, 0.3) is 0 Å². The molecule has 108 valence electrons. The van der Waals surface area contributed by atoms with Crippen LogP contribution in [-0.4, -0.2) is 34.3 Å². The minimum atomic E-state index is -0.771. The Morgan fingerprint density at radius 1 is 1.16 bits per heavy atom. The summed E-state index contributed by atoms with van der Waals surface area (Å²) in [6, 6.07) is -0.189. The summed E-state index contributed by atoms with van der Waals surface area (Å²) >= 11 is 0. The monoisotopic (exact) mass is 266 g/mol. The first kappa shape index (κ1) is 14.4. The summed E-state index contributed by atoms with van der Waals surface area (Å²) in [4.78, 5) is 26.9. The van der Waals surface area contributed by atoms with E-state index in [0.717, 1.165) is 12.8 Å². The van der Waals surface area contributed by atoms with Gasteiger partial charge in [-0.05, 0) is 46.5 Å². The maximum absolute atomic E-state index is 12.6. The minimum absolute atomic E-state index is 0.0326. The van der Waals surface area contributed by atoms with E-state index >= 15 is 0 Å². The summed E-state index contributed by atoms with van der Waals surface area (Å²) in [5.41, 5.74) is -0.771.